The van der Waals surface area contributed by atoms with Gasteiger partial charge in [-0.3, -0.25) is 9.59 Å². The second-order valence-corrected chi connectivity index (χ2v) is 6.04. The molecule has 21 heavy (non-hydrogen) atoms. The quantitative estimate of drug-likeness (QED) is 0.868. The molecule has 114 valence electrons. The summed E-state index contributed by atoms with van der Waals surface area (Å²) >= 11 is 0. The summed E-state index contributed by atoms with van der Waals surface area (Å²) in [5.41, 5.74) is -0.590. The van der Waals surface area contributed by atoms with Crippen LogP contribution in [0.2, 0.25) is 0 Å². The number of nitrogens with zero attached hydrogens (tertiary/aromatic N) is 2. The van der Waals surface area contributed by atoms with Crippen LogP contribution in [0.4, 0.5) is 0 Å². The third-order valence-corrected chi connectivity index (χ3v) is 4.70. The van der Waals surface area contributed by atoms with Gasteiger partial charge >= 0.3 is 5.97 Å². The smallest absolute Gasteiger partial charge is 0.307 e. The summed E-state index contributed by atoms with van der Waals surface area (Å²) < 4.78 is 5.04. The summed E-state index contributed by atoms with van der Waals surface area (Å²) in [6, 6.07) is 0. The Morgan fingerprint density at radius 2 is 1.95 bits per heavy atom. The van der Waals surface area contributed by atoms with Crippen LogP contribution in [-0.4, -0.2) is 27.1 Å². The minimum atomic E-state index is -0.891. The van der Waals surface area contributed by atoms with Crippen LogP contribution in [0.1, 0.15) is 50.2 Å². The average Bonchev–Trinajstić information content (AvgIpc) is 2.96. The van der Waals surface area contributed by atoms with Crippen LogP contribution in [0.3, 0.4) is 0 Å². The molecule has 2 unspecified atom stereocenters. The molecule has 0 aliphatic heterocycles. The van der Waals surface area contributed by atoms with Gasteiger partial charge in [-0.1, -0.05) is 18.0 Å². The van der Waals surface area contributed by atoms with Crippen molar-refractivity contribution in [2.24, 2.45) is 11.8 Å². The first-order valence-electron chi connectivity index (χ1n) is 7.37. The molecule has 0 radical (unpaired) electrons. The van der Waals surface area contributed by atoms with Crippen LogP contribution in [0.15, 0.2) is 4.52 Å². The highest BCUT2D eigenvalue weighted by Gasteiger charge is 2.47. The van der Waals surface area contributed by atoms with E-state index in [9.17, 15) is 9.59 Å². The molecular weight excluding hydrogens is 274 g/mol. The summed E-state index contributed by atoms with van der Waals surface area (Å²) in [6.45, 7) is 1.72. The molecule has 2 aliphatic carbocycles. The van der Waals surface area contributed by atoms with Gasteiger partial charge in [0.2, 0.25) is 11.8 Å². The van der Waals surface area contributed by atoms with Gasteiger partial charge in [0.1, 0.15) is 5.54 Å². The number of carboxylic acid groups (broad SMARTS) is 1. The standard InChI is InChI=1S/C14H19N3O4/c1-8-15-13(17-21-8)14(6-2-3-7-14)16-11(18)9-4-5-10(9)12(19)20/h9-10H,2-7H2,1H3,(H,16,18)(H,19,20). The fourth-order valence-electron chi connectivity index (χ4n) is 3.31. The molecule has 0 bridgehead atoms. The molecule has 2 atom stereocenters. The van der Waals surface area contributed by atoms with Crippen molar-refractivity contribution >= 4 is 11.9 Å². The van der Waals surface area contributed by atoms with Gasteiger partial charge in [0, 0.05) is 6.92 Å². The van der Waals surface area contributed by atoms with E-state index in [0.717, 1.165) is 25.7 Å². The lowest BCUT2D eigenvalue weighted by Crippen LogP contribution is -2.51. The molecule has 7 nitrogen and oxygen atoms in total. The number of carboxylic acids is 1. The minimum Gasteiger partial charge on any atom is -0.481 e. The monoisotopic (exact) mass is 293 g/mol. The molecule has 0 spiro atoms. The first kappa shape index (κ1) is 14.0. The zero-order chi connectivity index (χ0) is 15.0. The molecule has 0 aromatic carbocycles. The van der Waals surface area contributed by atoms with Crippen molar-refractivity contribution in [3.8, 4) is 0 Å². The lowest BCUT2D eigenvalue weighted by atomic mass is 9.72. The largest absolute Gasteiger partial charge is 0.481 e. The van der Waals surface area contributed by atoms with E-state index in [1.165, 1.54) is 0 Å². The Hall–Kier alpha value is -1.92. The van der Waals surface area contributed by atoms with Crippen molar-refractivity contribution < 1.29 is 19.2 Å². The summed E-state index contributed by atoms with van der Waals surface area (Å²) in [5.74, 6) is -1.10. The molecule has 2 aliphatic rings. The van der Waals surface area contributed by atoms with Gasteiger partial charge in [-0.15, -0.1) is 0 Å². The topological polar surface area (TPSA) is 105 Å². The molecule has 7 heteroatoms. The molecule has 1 amide bonds. The first-order chi connectivity index (χ1) is 10.0. The van der Waals surface area contributed by atoms with Crippen molar-refractivity contribution in [1.82, 2.24) is 15.5 Å². The van der Waals surface area contributed by atoms with Crippen molar-refractivity contribution in [2.75, 3.05) is 0 Å². The highest BCUT2D eigenvalue weighted by molar-refractivity contribution is 5.86. The second-order valence-electron chi connectivity index (χ2n) is 6.04. The molecule has 0 saturated heterocycles. The maximum atomic E-state index is 12.4. The predicted molar refractivity (Wildman–Crippen MR) is 71.2 cm³/mol. The molecule has 2 fully saturated rings. The lowest BCUT2D eigenvalue weighted by Gasteiger charge is -2.36. The minimum absolute atomic E-state index is 0.196. The average molecular weight is 293 g/mol. The highest BCUT2D eigenvalue weighted by Crippen LogP contribution is 2.40. The molecule has 2 N–H and O–H groups in total. The van der Waals surface area contributed by atoms with Crippen LogP contribution >= 0.6 is 0 Å². The zero-order valence-corrected chi connectivity index (χ0v) is 12.0. The number of carbonyl (C=O) groups excluding carboxylic acids is 1. The van der Waals surface area contributed by atoms with E-state index in [1.54, 1.807) is 6.92 Å². The third kappa shape index (κ3) is 2.41. The number of hydrogen-bond donors (Lipinski definition) is 2. The number of rotatable bonds is 4. The zero-order valence-electron chi connectivity index (χ0n) is 12.0. The van der Waals surface area contributed by atoms with Crippen molar-refractivity contribution in [2.45, 2.75) is 51.0 Å². The van der Waals surface area contributed by atoms with E-state index in [1.807, 2.05) is 0 Å². The summed E-state index contributed by atoms with van der Waals surface area (Å²) in [6.07, 6.45) is 4.71. The van der Waals surface area contributed by atoms with E-state index < -0.39 is 23.3 Å². The number of aliphatic carboxylic acids is 1. The van der Waals surface area contributed by atoms with Gasteiger partial charge in [0.25, 0.3) is 0 Å². The van der Waals surface area contributed by atoms with Gasteiger partial charge < -0.3 is 14.9 Å². The molecule has 3 rings (SSSR count). The second kappa shape index (κ2) is 5.13. The third-order valence-electron chi connectivity index (χ3n) is 4.70. The number of aryl methyl sites for hydroxylation is 1. The van der Waals surface area contributed by atoms with Gasteiger partial charge in [-0.2, -0.15) is 4.98 Å². The molecule has 1 aromatic heterocycles. The Morgan fingerprint density at radius 1 is 1.29 bits per heavy atom. The Kier molecular flexibility index (Phi) is 3.43. The van der Waals surface area contributed by atoms with Crippen LogP contribution in [0.5, 0.6) is 0 Å². The van der Waals surface area contributed by atoms with E-state index in [-0.39, 0.29) is 5.91 Å². The van der Waals surface area contributed by atoms with Crippen LogP contribution < -0.4 is 5.32 Å². The Morgan fingerprint density at radius 3 is 2.43 bits per heavy atom. The molecule has 1 heterocycles. The van der Waals surface area contributed by atoms with Crippen molar-refractivity contribution in [3.63, 3.8) is 0 Å². The number of amides is 1. The van der Waals surface area contributed by atoms with Gasteiger partial charge in [0.15, 0.2) is 5.82 Å². The Bertz CT molecular complexity index is 562. The first-order valence-corrected chi connectivity index (χ1v) is 7.37. The summed E-state index contributed by atoms with van der Waals surface area (Å²) in [7, 11) is 0. The maximum absolute atomic E-state index is 12.4. The number of aromatic nitrogens is 2. The normalized spacial score (nSPS) is 27.1. The SMILES string of the molecule is Cc1nc(C2(NC(=O)C3CCC3C(=O)O)CCCC2)no1. The van der Waals surface area contributed by atoms with Crippen molar-refractivity contribution in [3.05, 3.63) is 11.7 Å². The number of hydrogen-bond acceptors (Lipinski definition) is 5. The fraction of sp³-hybridized carbons (Fsp3) is 0.714. The van der Waals surface area contributed by atoms with E-state index in [2.05, 4.69) is 15.5 Å². The molecule has 2 saturated carbocycles. The van der Waals surface area contributed by atoms with E-state index >= 15 is 0 Å². The van der Waals surface area contributed by atoms with Gasteiger partial charge in [-0.05, 0) is 25.7 Å². The maximum Gasteiger partial charge on any atom is 0.307 e. The Balaban J connectivity index is 1.77. The predicted octanol–water partition coefficient (Wildman–Crippen LogP) is 1.37. The summed E-state index contributed by atoms with van der Waals surface area (Å²) in [5, 5.41) is 16.1. The molecule has 1 aromatic rings. The lowest BCUT2D eigenvalue weighted by molar-refractivity contribution is -0.153. The van der Waals surface area contributed by atoms with Crippen LogP contribution in [0, 0.1) is 18.8 Å². The van der Waals surface area contributed by atoms with Crippen LogP contribution in [-0.2, 0) is 15.1 Å². The van der Waals surface area contributed by atoms with Crippen LogP contribution in [0.25, 0.3) is 0 Å². The van der Waals surface area contributed by atoms with E-state index in [4.69, 9.17) is 9.63 Å². The van der Waals surface area contributed by atoms with Gasteiger partial charge in [-0.25, -0.2) is 0 Å². The van der Waals surface area contributed by atoms with E-state index in [0.29, 0.717) is 24.6 Å². The van der Waals surface area contributed by atoms with Crippen molar-refractivity contribution in [1.29, 1.82) is 0 Å². The Labute approximate surface area is 122 Å². The summed E-state index contributed by atoms with van der Waals surface area (Å²) in [4.78, 5) is 27.8. The number of nitrogens with one attached hydrogen (secondary N) is 1. The molecular formula is C14H19N3O4. The fourth-order valence-corrected chi connectivity index (χ4v) is 3.31. The van der Waals surface area contributed by atoms with Gasteiger partial charge in [0.05, 0.1) is 11.8 Å². The highest BCUT2D eigenvalue weighted by atomic mass is 16.5. The number of carbonyl (C=O) groups is 2.